The van der Waals surface area contributed by atoms with Crippen LogP contribution in [0.1, 0.15) is 30.7 Å². The van der Waals surface area contributed by atoms with Gasteiger partial charge in [-0.3, -0.25) is 4.79 Å². The minimum atomic E-state index is -0.112. The number of benzene rings is 1. The van der Waals surface area contributed by atoms with Crippen molar-refractivity contribution in [2.45, 2.75) is 50.3 Å². The quantitative estimate of drug-likeness (QED) is 0.834. The van der Waals surface area contributed by atoms with Crippen LogP contribution in [0.2, 0.25) is 0 Å². The Hall–Kier alpha value is -1.59. The summed E-state index contributed by atoms with van der Waals surface area (Å²) in [5, 5.41) is 4.07. The molecular formula is C16H21N3OS. The maximum absolute atomic E-state index is 11.5. The number of aromatic nitrogens is 2. The number of nitrogens with one attached hydrogen (secondary N) is 2. The Labute approximate surface area is 129 Å². The number of rotatable bonds is 5. The molecule has 0 aliphatic rings. The molecule has 5 heteroatoms. The highest BCUT2D eigenvalue weighted by Crippen LogP contribution is 2.28. The van der Waals surface area contributed by atoms with Gasteiger partial charge < -0.3 is 10.3 Å². The van der Waals surface area contributed by atoms with E-state index in [9.17, 15) is 4.79 Å². The molecule has 0 amide bonds. The first kappa shape index (κ1) is 15.8. The highest BCUT2D eigenvalue weighted by atomic mass is 32.2. The van der Waals surface area contributed by atoms with Gasteiger partial charge in [-0.1, -0.05) is 43.3 Å². The van der Waals surface area contributed by atoms with E-state index in [1.165, 1.54) is 29.0 Å². The Morgan fingerprint density at radius 2 is 2.05 bits per heavy atom. The van der Waals surface area contributed by atoms with Crippen LogP contribution in [0.15, 0.2) is 39.1 Å². The first-order chi connectivity index (χ1) is 9.94. The average molecular weight is 303 g/mol. The van der Waals surface area contributed by atoms with E-state index < -0.39 is 0 Å². The molecule has 0 bridgehead atoms. The van der Waals surface area contributed by atoms with Crippen LogP contribution in [-0.4, -0.2) is 16.0 Å². The summed E-state index contributed by atoms with van der Waals surface area (Å²) in [4.78, 5) is 19.8. The lowest BCUT2D eigenvalue weighted by atomic mass is 10.1. The lowest BCUT2D eigenvalue weighted by molar-refractivity contribution is 0.584. The van der Waals surface area contributed by atoms with Gasteiger partial charge in [0.1, 0.15) is 0 Å². The Morgan fingerprint density at radius 1 is 1.29 bits per heavy atom. The first-order valence-corrected chi connectivity index (χ1v) is 7.84. The fraction of sp³-hybridized carbons (Fsp3) is 0.375. The molecule has 2 rings (SSSR count). The van der Waals surface area contributed by atoms with Crippen molar-refractivity contribution < 1.29 is 0 Å². The van der Waals surface area contributed by atoms with Gasteiger partial charge in [0.2, 0.25) is 0 Å². The van der Waals surface area contributed by atoms with Crippen molar-refractivity contribution in [3.63, 3.8) is 0 Å². The largest absolute Gasteiger partial charge is 0.310 e. The normalized spacial score (nSPS) is 11.1. The van der Waals surface area contributed by atoms with Crippen LogP contribution in [0.25, 0.3) is 0 Å². The van der Waals surface area contributed by atoms with Crippen LogP contribution < -0.4 is 10.9 Å². The van der Waals surface area contributed by atoms with Crippen molar-refractivity contribution in [3.8, 4) is 0 Å². The smallest absolute Gasteiger partial charge is 0.251 e. The summed E-state index contributed by atoms with van der Waals surface area (Å²) in [7, 11) is 0. The van der Waals surface area contributed by atoms with E-state index in [2.05, 4.69) is 54.3 Å². The van der Waals surface area contributed by atoms with Crippen LogP contribution in [0.4, 0.5) is 0 Å². The van der Waals surface area contributed by atoms with Crippen LogP contribution in [0.5, 0.6) is 0 Å². The van der Waals surface area contributed by atoms with Crippen molar-refractivity contribution in [2.24, 2.45) is 0 Å². The van der Waals surface area contributed by atoms with E-state index in [0.717, 1.165) is 17.1 Å². The highest BCUT2D eigenvalue weighted by molar-refractivity contribution is 7.99. The molecule has 0 radical (unpaired) electrons. The fourth-order valence-corrected chi connectivity index (χ4v) is 2.91. The van der Waals surface area contributed by atoms with Crippen molar-refractivity contribution in [1.82, 2.24) is 15.3 Å². The molecule has 0 atom stereocenters. The van der Waals surface area contributed by atoms with E-state index in [1.54, 1.807) is 0 Å². The molecule has 0 fully saturated rings. The topological polar surface area (TPSA) is 57.8 Å². The van der Waals surface area contributed by atoms with Gasteiger partial charge in [-0.25, -0.2) is 4.98 Å². The third-order valence-corrected chi connectivity index (χ3v) is 3.98. The second kappa shape index (κ2) is 6.91. The number of aryl methyl sites for hydroxylation is 2. The van der Waals surface area contributed by atoms with E-state index in [0.29, 0.717) is 11.2 Å². The molecule has 0 spiro atoms. The molecule has 1 aromatic heterocycles. The number of H-pyrrole nitrogens is 1. The van der Waals surface area contributed by atoms with Crippen molar-refractivity contribution in [3.05, 3.63) is 51.4 Å². The van der Waals surface area contributed by atoms with Gasteiger partial charge in [0, 0.05) is 29.2 Å². The van der Waals surface area contributed by atoms with Gasteiger partial charge in [-0.2, -0.15) is 0 Å². The lowest BCUT2D eigenvalue weighted by Gasteiger charge is -2.13. The molecule has 1 aromatic carbocycles. The Kier molecular flexibility index (Phi) is 5.20. The predicted octanol–water partition coefficient (Wildman–Crippen LogP) is 3.04. The molecular weight excluding hydrogens is 282 g/mol. The SMILES string of the molecule is Cc1ccc(Sc2nc(C)cc(=O)[nH]2)c(CNC(C)C)c1. The van der Waals surface area contributed by atoms with Gasteiger partial charge in [0.15, 0.2) is 5.16 Å². The Balaban J connectivity index is 2.28. The summed E-state index contributed by atoms with van der Waals surface area (Å²) in [5.74, 6) is 0. The summed E-state index contributed by atoms with van der Waals surface area (Å²) in [6, 6.07) is 8.26. The third-order valence-electron chi connectivity index (χ3n) is 2.97. The minimum Gasteiger partial charge on any atom is -0.310 e. The van der Waals surface area contributed by atoms with Gasteiger partial charge in [0.05, 0.1) is 0 Å². The molecule has 21 heavy (non-hydrogen) atoms. The first-order valence-electron chi connectivity index (χ1n) is 7.03. The van der Waals surface area contributed by atoms with E-state index >= 15 is 0 Å². The Bertz CT molecular complexity index is 679. The molecule has 4 nitrogen and oxygen atoms in total. The standard InChI is InChI=1S/C16H21N3OS/c1-10(2)17-9-13-7-11(3)5-6-14(13)21-16-18-12(4)8-15(20)19-16/h5-8,10,17H,9H2,1-4H3,(H,18,19,20). The van der Waals surface area contributed by atoms with Crippen molar-refractivity contribution in [2.75, 3.05) is 0 Å². The van der Waals surface area contributed by atoms with Gasteiger partial charge in [-0.15, -0.1) is 0 Å². The van der Waals surface area contributed by atoms with Gasteiger partial charge in [-0.05, 0) is 25.5 Å². The Morgan fingerprint density at radius 3 is 2.71 bits per heavy atom. The zero-order valence-corrected chi connectivity index (χ0v) is 13.7. The van der Waals surface area contributed by atoms with E-state index in [4.69, 9.17) is 0 Å². The molecule has 112 valence electrons. The number of nitrogens with zero attached hydrogens (tertiary/aromatic N) is 1. The van der Waals surface area contributed by atoms with E-state index in [-0.39, 0.29) is 5.56 Å². The maximum Gasteiger partial charge on any atom is 0.251 e. The van der Waals surface area contributed by atoms with Gasteiger partial charge in [0.25, 0.3) is 5.56 Å². The lowest BCUT2D eigenvalue weighted by Crippen LogP contribution is -2.22. The minimum absolute atomic E-state index is 0.112. The summed E-state index contributed by atoms with van der Waals surface area (Å²) in [6.07, 6.45) is 0. The fourth-order valence-electron chi connectivity index (χ4n) is 1.96. The molecule has 0 aliphatic carbocycles. The zero-order valence-electron chi connectivity index (χ0n) is 12.9. The predicted molar refractivity (Wildman–Crippen MR) is 86.9 cm³/mol. The van der Waals surface area contributed by atoms with Crippen LogP contribution in [-0.2, 0) is 6.54 Å². The summed E-state index contributed by atoms with van der Waals surface area (Å²) in [5.41, 5.74) is 3.07. The third kappa shape index (κ3) is 4.72. The molecule has 0 saturated heterocycles. The zero-order chi connectivity index (χ0) is 15.4. The average Bonchev–Trinajstić information content (AvgIpc) is 2.37. The van der Waals surface area contributed by atoms with Crippen LogP contribution >= 0.6 is 11.8 Å². The monoisotopic (exact) mass is 303 g/mol. The van der Waals surface area contributed by atoms with Crippen molar-refractivity contribution in [1.29, 1.82) is 0 Å². The van der Waals surface area contributed by atoms with Crippen molar-refractivity contribution >= 4 is 11.8 Å². The maximum atomic E-state index is 11.5. The molecule has 2 N–H and O–H groups in total. The second-order valence-electron chi connectivity index (χ2n) is 5.44. The second-order valence-corrected chi connectivity index (χ2v) is 6.47. The summed E-state index contributed by atoms with van der Waals surface area (Å²) >= 11 is 1.50. The summed E-state index contributed by atoms with van der Waals surface area (Å²) in [6.45, 7) is 8.97. The number of aromatic amines is 1. The summed E-state index contributed by atoms with van der Waals surface area (Å²) < 4.78 is 0. The number of hydrogen-bond donors (Lipinski definition) is 2. The number of hydrogen-bond acceptors (Lipinski definition) is 4. The molecule has 0 saturated carbocycles. The molecule has 1 heterocycles. The molecule has 0 unspecified atom stereocenters. The van der Waals surface area contributed by atoms with E-state index in [1.807, 2.05) is 6.92 Å². The van der Waals surface area contributed by atoms with Crippen LogP contribution in [0, 0.1) is 13.8 Å². The highest BCUT2D eigenvalue weighted by Gasteiger charge is 2.08. The van der Waals surface area contributed by atoms with Crippen LogP contribution in [0.3, 0.4) is 0 Å². The van der Waals surface area contributed by atoms with Gasteiger partial charge >= 0.3 is 0 Å². The molecule has 0 aliphatic heterocycles. The molecule has 2 aromatic rings.